The van der Waals surface area contributed by atoms with Gasteiger partial charge in [-0.1, -0.05) is 50.6 Å². The summed E-state index contributed by atoms with van der Waals surface area (Å²) < 4.78 is 1.81. The zero-order valence-electron chi connectivity index (χ0n) is 12.0. The number of hydrogen-bond donors (Lipinski definition) is 1. The molecule has 0 bridgehead atoms. The lowest BCUT2D eigenvalue weighted by atomic mass is 9.79. The highest BCUT2D eigenvalue weighted by atomic mass is 15.3. The van der Waals surface area contributed by atoms with E-state index in [4.69, 9.17) is 5.73 Å². The van der Waals surface area contributed by atoms with Gasteiger partial charge in [-0.05, 0) is 17.5 Å². The van der Waals surface area contributed by atoms with E-state index in [1.807, 2.05) is 30.1 Å². The summed E-state index contributed by atoms with van der Waals surface area (Å²) in [4.78, 5) is 0. The van der Waals surface area contributed by atoms with Gasteiger partial charge in [-0.3, -0.25) is 4.68 Å². The first-order chi connectivity index (χ1) is 9.13. The highest BCUT2D eigenvalue weighted by molar-refractivity contribution is 5.25. The average molecular weight is 257 g/mol. The molecule has 3 nitrogen and oxygen atoms in total. The SMILES string of the molecule is CCC(C)C(c1ccccc1)C(N)c1ccn(C)n1. The number of benzene rings is 1. The van der Waals surface area contributed by atoms with Gasteiger partial charge in [-0.15, -0.1) is 0 Å². The van der Waals surface area contributed by atoms with Crippen LogP contribution in [-0.2, 0) is 7.05 Å². The molecule has 0 radical (unpaired) electrons. The Morgan fingerprint density at radius 1 is 1.21 bits per heavy atom. The van der Waals surface area contributed by atoms with Gasteiger partial charge < -0.3 is 5.73 Å². The number of aryl methyl sites for hydroxylation is 1. The van der Waals surface area contributed by atoms with Crippen LogP contribution in [0.4, 0.5) is 0 Å². The van der Waals surface area contributed by atoms with Gasteiger partial charge in [0.2, 0.25) is 0 Å². The van der Waals surface area contributed by atoms with Gasteiger partial charge in [0.25, 0.3) is 0 Å². The van der Waals surface area contributed by atoms with Crippen molar-refractivity contribution < 1.29 is 0 Å². The van der Waals surface area contributed by atoms with E-state index in [2.05, 4.69) is 43.2 Å². The molecular formula is C16H23N3. The summed E-state index contributed by atoms with van der Waals surface area (Å²) in [6.45, 7) is 4.48. The second-order valence-corrected chi connectivity index (χ2v) is 5.26. The van der Waals surface area contributed by atoms with Crippen molar-refractivity contribution >= 4 is 0 Å². The summed E-state index contributed by atoms with van der Waals surface area (Å²) in [7, 11) is 1.93. The molecular weight excluding hydrogens is 234 g/mol. The molecule has 0 fully saturated rings. The zero-order valence-corrected chi connectivity index (χ0v) is 12.0. The van der Waals surface area contributed by atoms with Crippen LogP contribution in [0.25, 0.3) is 0 Å². The van der Waals surface area contributed by atoms with Crippen molar-refractivity contribution in [2.75, 3.05) is 0 Å². The molecule has 0 aliphatic heterocycles. The smallest absolute Gasteiger partial charge is 0.0798 e. The summed E-state index contributed by atoms with van der Waals surface area (Å²) in [5.41, 5.74) is 8.76. The Morgan fingerprint density at radius 3 is 2.42 bits per heavy atom. The van der Waals surface area contributed by atoms with E-state index in [1.165, 1.54) is 5.56 Å². The Balaban J connectivity index is 2.33. The fraction of sp³-hybridized carbons (Fsp3) is 0.438. The molecule has 3 heteroatoms. The molecule has 0 amide bonds. The lowest BCUT2D eigenvalue weighted by Gasteiger charge is -2.28. The third-order valence-electron chi connectivity index (χ3n) is 3.90. The maximum absolute atomic E-state index is 6.49. The quantitative estimate of drug-likeness (QED) is 0.893. The van der Waals surface area contributed by atoms with Gasteiger partial charge >= 0.3 is 0 Å². The molecule has 0 saturated heterocycles. The minimum absolute atomic E-state index is 0.0569. The number of rotatable bonds is 5. The van der Waals surface area contributed by atoms with Crippen LogP contribution in [0.15, 0.2) is 42.6 Å². The van der Waals surface area contributed by atoms with E-state index < -0.39 is 0 Å². The molecule has 0 saturated carbocycles. The molecule has 102 valence electrons. The van der Waals surface area contributed by atoms with Gasteiger partial charge in [0.1, 0.15) is 0 Å². The van der Waals surface area contributed by atoms with E-state index >= 15 is 0 Å². The standard InChI is InChI=1S/C16H23N3/c1-4-12(2)15(13-8-6-5-7-9-13)16(17)14-10-11-19(3)18-14/h5-12,15-16H,4,17H2,1-3H3. The van der Waals surface area contributed by atoms with Gasteiger partial charge in [0, 0.05) is 19.2 Å². The molecule has 2 N–H and O–H groups in total. The molecule has 1 heterocycles. The van der Waals surface area contributed by atoms with Crippen molar-refractivity contribution in [3.63, 3.8) is 0 Å². The molecule has 19 heavy (non-hydrogen) atoms. The van der Waals surface area contributed by atoms with E-state index in [9.17, 15) is 0 Å². The summed E-state index contributed by atoms with van der Waals surface area (Å²) in [6, 6.07) is 12.5. The highest BCUT2D eigenvalue weighted by Crippen LogP contribution is 2.36. The van der Waals surface area contributed by atoms with Crippen molar-refractivity contribution in [1.82, 2.24) is 9.78 Å². The molecule has 3 unspecified atom stereocenters. The molecule has 3 atom stereocenters. The lowest BCUT2D eigenvalue weighted by Crippen LogP contribution is -2.25. The zero-order chi connectivity index (χ0) is 13.8. The van der Waals surface area contributed by atoms with Gasteiger partial charge in [-0.25, -0.2) is 0 Å². The second kappa shape index (κ2) is 6.02. The van der Waals surface area contributed by atoms with E-state index in [1.54, 1.807) is 0 Å². The molecule has 0 aliphatic rings. The summed E-state index contributed by atoms with van der Waals surface area (Å²) in [6.07, 6.45) is 3.06. The second-order valence-electron chi connectivity index (χ2n) is 5.26. The van der Waals surface area contributed by atoms with Crippen LogP contribution < -0.4 is 5.73 Å². The summed E-state index contributed by atoms with van der Waals surface area (Å²) >= 11 is 0. The molecule has 1 aromatic heterocycles. The van der Waals surface area contributed by atoms with Gasteiger partial charge in [0.05, 0.1) is 11.7 Å². The number of nitrogens with zero attached hydrogens (tertiary/aromatic N) is 2. The Morgan fingerprint density at radius 2 is 1.89 bits per heavy atom. The van der Waals surface area contributed by atoms with E-state index in [0.717, 1.165) is 12.1 Å². The third kappa shape index (κ3) is 3.04. The summed E-state index contributed by atoms with van der Waals surface area (Å²) in [5.74, 6) is 0.834. The van der Waals surface area contributed by atoms with Crippen LogP contribution in [-0.4, -0.2) is 9.78 Å². The first-order valence-corrected chi connectivity index (χ1v) is 6.93. The number of aromatic nitrogens is 2. The van der Waals surface area contributed by atoms with E-state index in [0.29, 0.717) is 11.8 Å². The Labute approximate surface area is 115 Å². The van der Waals surface area contributed by atoms with Crippen LogP contribution in [0.2, 0.25) is 0 Å². The first kappa shape index (κ1) is 13.8. The predicted octanol–water partition coefficient (Wildman–Crippen LogP) is 3.25. The maximum atomic E-state index is 6.49. The molecule has 1 aromatic carbocycles. The molecule has 2 aromatic rings. The van der Waals surface area contributed by atoms with Crippen LogP contribution in [0, 0.1) is 5.92 Å². The normalized spacial score (nSPS) is 16.0. The average Bonchev–Trinajstić information content (AvgIpc) is 2.86. The Hall–Kier alpha value is -1.61. The van der Waals surface area contributed by atoms with Crippen molar-refractivity contribution in [1.29, 1.82) is 0 Å². The molecule has 2 rings (SSSR count). The van der Waals surface area contributed by atoms with Crippen molar-refractivity contribution in [2.45, 2.75) is 32.2 Å². The third-order valence-corrected chi connectivity index (χ3v) is 3.90. The highest BCUT2D eigenvalue weighted by Gasteiger charge is 2.27. The minimum atomic E-state index is -0.0569. The molecule has 0 spiro atoms. The maximum Gasteiger partial charge on any atom is 0.0798 e. The van der Waals surface area contributed by atoms with Crippen LogP contribution in [0.3, 0.4) is 0 Å². The van der Waals surface area contributed by atoms with Gasteiger partial charge in [0.15, 0.2) is 0 Å². The fourth-order valence-electron chi connectivity index (χ4n) is 2.61. The van der Waals surface area contributed by atoms with E-state index in [-0.39, 0.29) is 6.04 Å². The van der Waals surface area contributed by atoms with Crippen LogP contribution >= 0.6 is 0 Å². The van der Waals surface area contributed by atoms with Gasteiger partial charge in [-0.2, -0.15) is 5.10 Å². The van der Waals surface area contributed by atoms with Crippen molar-refractivity contribution in [3.8, 4) is 0 Å². The van der Waals surface area contributed by atoms with Crippen molar-refractivity contribution in [2.24, 2.45) is 18.7 Å². The largest absolute Gasteiger partial charge is 0.322 e. The lowest BCUT2D eigenvalue weighted by molar-refractivity contribution is 0.381. The van der Waals surface area contributed by atoms with Crippen molar-refractivity contribution in [3.05, 3.63) is 53.9 Å². The van der Waals surface area contributed by atoms with Crippen LogP contribution in [0.1, 0.15) is 43.5 Å². The number of hydrogen-bond acceptors (Lipinski definition) is 2. The number of nitrogens with two attached hydrogens (primary N) is 1. The Kier molecular flexibility index (Phi) is 4.38. The minimum Gasteiger partial charge on any atom is -0.322 e. The monoisotopic (exact) mass is 257 g/mol. The Bertz CT molecular complexity index is 504. The van der Waals surface area contributed by atoms with Crippen LogP contribution in [0.5, 0.6) is 0 Å². The molecule has 0 aliphatic carbocycles. The predicted molar refractivity (Wildman–Crippen MR) is 78.8 cm³/mol. The topological polar surface area (TPSA) is 43.8 Å². The fourth-order valence-corrected chi connectivity index (χ4v) is 2.61. The summed E-state index contributed by atoms with van der Waals surface area (Å²) in [5, 5.41) is 4.47. The first-order valence-electron chi connectivity index (χ1n) is 6.93.